The minimum atomic E-state index is -2.24. The lowest BCUT2D eigenvalue weighted by Crippen LogP contribution is -2.66. The van der Waals surface area contributed by atoms with Crippen molar-refractivity contribution in [2.24, 2.45) is 0 Å². The monoisotopic (exact) mass is 944 g/mol. The van der Waals surface area contributed by atoms with Gasteiger partial charge >= 0.3 is 23.9 Å². The van der Waals surface area contributed by atoms with E-state index in [1.54, 1.807) is 0 Å². The molecule has 7 rings (SSSR count). The van der Waals surface area contributed by atoms with Crippen molar-refractivity contribution in [3.05, 3.63) is 88.6 Å². The average Bonchev–Trinajstić information content (AvgIpc) is 3.27. The normalized spacial score (nSPS) is 32.1. The highest BCUT2D eigenvalue weighted by atomic mass is 16.8. The third-order valence-electron chi connectivity index (χ3n) is 10.7. The van der Waals surface area contributed by atoms with E-state index in [1.165, 1.54) is 54.6 Å². The van der Waals surface area contributed by atoms with Crippen LogP contribution in [0.5, 0.6) is 23.0 Å². The van der Waals surface area contributed by atoms with Crippen molar-refractivity contribution >= 4 is 40.9 Å². The van der Waals surface area contributed by atoms with Gasteiger partial charge in [0.05, 0.1) is 0 Å². The van der Waals surface area contributed by atoms with Crippen LogP contribution in [0.4, 0.5) is 0 Å². The molecule has 358 valence electrons. The van der Waals surface area contributed by atoms with Gasteiger partial charge in [0.2, 0.25) is 12.6 Å². The van der Waals surface area contributed by atoms with Crippen molar-refractivity contribution < 1.29 is 118 Å². The first-order chi connectivity index (χ1) is 31.7. The summed E-state index contributed by atoms with van der Waals surface area (Å²) in [6.07, 6.45) is -29.4. The van der Waals surface area contributed by atoms with Crippen LogP contribution in [0.3, 0.4) is 0 Å². The van der Waals surface area contributed by atoms with E-state index in [1.807, 2.05) is 0 Å². The molecule has 1 aromatic heterocycles. The zero-order valence-corrected chi connectivity index (χ0v) is 33.8. The Bertz CT molecular complexity index is 2560. The van der Waals surface area contributed by atoms with Crippen molar-refractivity contribution in [1.82, 2.24) is 0 Å². The van der Waals surface area contributed by atoms with Crippen LogP contribution in [-0.4, -0.2) is 177 Å². The summed E-state index contributed by atoms with van der Waals surface area (Å²) >= 11 is 0. The number of ether oxygens (including phenoxy) is 7. The van der Waals surface area contributed by atoms with Gasteiger partial charge in [-0.15, -0.1) is 0 Å². The maximum absolute atomic E-state index is 13.2. The molecule has 4 heterocycles. The maximum Gasteiger partial charge on any atom is 0.335 e. The second kappa shape index (κ2) is 19.6. The molecule has 0 amide bonds. The largest absolute Gasteiger partial charge is 0.508 e. The molecule has 12 N–H and O–H groups in total. The van der Waals surface area contributed by atoms with Crippen LogP contribution < -0.4 is 14.9 Å². The van der Waals surface area contributed by atoms with E-state index in [0.29, 0.717) is 5.56 Å². The number of aromatic hydroxyl groups is 2. The van der Waals surface area contributed by atoms with Crippen LogP contribution in [-0.2, 0) is 42.9 Å². The molecule has 0 radical (unpaired) electrons. The highest BCUT2D eigenvalue weighted by Crippen LogP contribution is 2.36. The Morgan fingerprint density at radius 1 is 0.567 bits per heavy atom. The number of esters is 1. The summed E-state index contributed by atoms with van der Waals surface area (Å²) in [7, 11) is 0. The standard InChI is InChI=1S/C42H40O25/c43-16-6-1-14(2-7-16)3-10-23(46)63-35-29(51)27(49)34(39(58)59)66-42(35)67-36-30(52)28(50)33(38(56)57)65-41(36)60-17-8-4-15(5-9-17)21-13-20(45)24-19(44)11-18(12-22(24)62-21)61-40-31(53)25(47)26(48)32(64-40)37(54)55/h1-13,25-36,40-44,47-53H,(H,54,55)(H,56,57)(H,58,59)/b10-3+. The minimum absolute atomic E-state index is 0.0675. The number of phenolic OH excluding ortho intramolecular Hbond substituents is 2. The molecule has 3 aliphatic rings. The first-order valence-electron chi connectivity index (χ1n) is 19.7. The molecule has 0 bridgehead atoms. The van der Waals surface area contributed by atoms with Gasteiger partial charge in [-0.1, -0.05) is 12.1 Å². The first-order valence-corrected chi connectivity index (χ1v) is 19.7. The number of carboxylic acid groups (broad SMARTS) is 3. The van der Waals surface area contributed by atoms with E-state index in [2.05, 4.69) is 0 Å². The summed E-state index contributed by atoms with van der Waals surface area (Å²) in [6.45, 7) is 0. The lowest BCUT2D eigenvalue weighted by Gasteiger charge is -2.45. The number of rotatable bonds is 13. The lowest BCUT2D eigenvalue weighted by atomic mass is 9.96. The molecule has 67 heavy (non-hydrogen) atoms. The van der Waals surface area contributed by atoms with Crippen molar-refractivity contribution in [3.63, 3.8) is 0 Å². The Kier molecular flexibility index (Phi) is 14.1. The van der Waals surface area contributed by atoms with Gasteiger partial charge in [-0.25, -0.2) is 19.2 Å². The molecule has 0 spiro atoms. The van der Waals surface area contributed by atoms with Crippen molar-refractivity contribution in [1.29, 1.82) is 0 Å². The molecule has 0 aliphatic carbocycles. The van der Waals surface area contributed by atoms with Crippen molar-refractivity contribution in [2.75, 3.05) is 0 Å². The van der Waals surface area contributed by atoms with Gasteiger partial charge < -0.3 is 98.9 Å². The fourth-order valence-electron chi connectivity index (χ4n) is 7.20. The summed E-state index contributed by atoms with van der Waals surface area (Å²) in [5, 5.41) is 123. The Hall–Kier alpha value is -6.75. The van der Waals surface area contributed by atoms with Crippen molar-refractivity contribution in [2.45, 2.75) is 92.1 Å². The summed E-state index contributed by atoms with van der Waals surface area (Å²) in [4.78, 5) is 61.7. The topological polar surface area (TPSA) is 406 Å². The van der Waals surface area contributed by atoms with Gasteiger partial charge in [-0.05, 0) is 48.0 Å². The molecule has 0 saturated carbocycles. The fraction of sp³-hybridized carbons (Fsp3) is 0.357. The second-order valence-electron chi connectivity index (χ2n) is 15.2. The predicted octanol–water partition coefficient (Wildman–Crippen LogP) is -2.41. The Balaban J connectivity index is 1.13. The third-order valence-corrected chi connectivity index (χ3v) is 10.7. The number of aliphatic carboxylic acids is 3. The summed E-state index contributed by atoms with van der Waals surface area (Å²) in [6, 6.07) is 13.6. The quantitative estimate of drug-likeness (QED) is 0.0491. The molecule has 25 heteroatoms. The molecule has 25 nitrogen and oxygen atoms in total. The number of hydrogen-bond acceptors (Lipinski definition) is 22. The van der Waals surface area contributed by atoms with Crippen LogP contribution >= 0.6 is 0 Å². The van der Waals surface area contributed by atoms with Crippen LogP contribution in [0.25, 0.3) is 28.4 Å². The van der Waals surface area contributed by atoms with E-state index in [4.69, 9.17) is 37.6 Å². The fourth-order valence-corrected chi connectivity index (χ4v) is 7.20. The number of hydrogen-bond donors (Lipinski definition) is 12. The Morgan fingerprint density at radius 3 is 1.70 bits per heavy atom. The Labute approximate surface area is 373 Å². The molecule has 3 aliphatic heterocycles. The number of carbonyl (C=O) groups excluding carboxylic acids is 1. The van der Waals surface area contributed by atoms with E-state index >= 15 is 0 Å². The predicted molar refractivity (Wildman–Crippen MR) is 214 cm³/mol. The number of aliphatic hydroxyl groups is 7. The lowest BCUT2D eigenvalue weighted by molar-refractivity contribution is -0.350. The number of aliphatic hydroxyl groups excluding tert-OH is 7. The second-order valence-corrected chi connectivity index (χ2v) is 15.2. The van der Waals surface area contributed by atoms with Gasteiger partial charge in [-0.3, -0.25) is 4.79 Å². The summed E-state index contributed by atoms with van der Waals surface area (Å²) < 4.78 is 44.2. The number of carbonyl (C=O) groups is 4. The zero-order valence-electron chi connectivity index (χ0n) is 33.8. The van der Waals surface area contributed by atoms with Crippen LogP contribution in [0.15, 0.2) is 82.0 Å². The van der Waals surface area contributed by atoms with Gasteiger partial charge in [0, 0.05) is 29.8 Å². The number of phenols is 2. The molecule has 3 aromatic carbocycles. The van der Waals surface area contributed by atoms with Crippen molar-refractivity contribution in [3.8, 4) is 34.3 Å². The Morgan fingerprint density at radius 2 is 1.10 bits per heavy atom. The van der Waals surface area contributed by atoms with Gasteiger partial charge in [-0.2, -0.15) is 0 Å². The molecule has 3 saturated heterocycles. The van der Waals surface area contributed by atoms with Crippen LogP contribution in [0.2, 0.25) is 0 Å². The van der Waals surface area contributed by atoms with E-state index in [9.17, 15) is 85.3 Å². The SMILES string of the molecule is O=C(/C=C/c1ccc(O)cc1)OC1C(OC2C(Oc3ccc(-c4cc(=O)c5c(O)cc(OC6OC(C(=O)O)C(O)C(O)C6O)cc5o4)cc3)OC(C(=O)O)C(O)C2O)OC(C(=O)O)C(O)C1O. The molecular formula is C42H40O25. The average molecular weight is 945 g/mol. The van der Waals surface area contributed by atoms with Crippen LogP contribution in [0.1, 0.15) is 5.56 Å². The highest BCUT2D eigenvalue weighted by molar-refractivity contribution is 5.87. The van der Waals surface area contributed by atoms with Gasteiger partial charge in [0.15, 0.2) is 42.2 Å². The summed E-state index contributed by atoms with van der Waals surface area (Å²) in [5.41, 5.74) is -0.502. The number of fused-ring (bicyclic) bond motifs is 1. The smallest absolute Gasteiger partial charge is 0.335 e. The van der Waals surface area contributed by atoms with Crippen LogP contribution in [0, 0.1) is 0 Å². The summed E-state index contributed by atoms with van der Waals surface area (Å²) in [5.74, 6) is -7.84. The molecule has 4 aromatic rings. The molecule has 15 atom stereocenters. The minimum Gasteiger partial charge on any atom is -0.508 e. The van der Waals surface area contributed by atoms with Gasteiger partial charge in [0.1, 0.15) is 82.5 Å². The molecular weight excluding hydrogens is 904 g/mol. The first kappa shape index (κ1) is 48.2. The number of carboxylic acids is 3. The molecule has 3 fully saturated rings. The third kappa shape index (κ3) is 10.2. The van der Waals surface area contributed by atoms with E-state index < -0.39 is 127 Å². The number of benzene rings is 3. The maximum atomic E-state index is 13.2. The van der Waals surface area contributed by atoms with E-state index in [-0.39, 0.29) is 39.5 Å². The zero-order chi connectivity index (χ0) is 48.6. The molecule has 15 unspecified atom stereocenters. The van der Waals surface area contributed by atoms with E-state index in [0.717, 1.165) is 24.3 Å². The van der Waals surface area contributed by atoms with Gasteiger partial charge in [0.25, 0.3) is 0 Å². The highest BCUT2D eigenvalue weighted by Gasteiger charge is 2.55.